The first-order chi connectivity index (χ1) is 12.0. The van der Waals surface area contributed by atoms with Crippen LogP contribution in [0.25, 0.3) is 0 Å². The molecular weight excluding hydrogens is 346 g/mol. The summed E-state index contributed by atoms with van der Waals surface area (Å²) >= 11 is 6.09. The van der Waals surface area contributed by atoms with E-state index in [0.29, 0.717) is 27.6 Å². The average Bonchev–Trinajstić information content (AvgIpc) is 2.94. The highest BCUT2D eigenvalue weighted by Gasteiger charge is 2.41. The van der Waals surface area contributed by atoms with Gasteiger partial charge in [0, 0.05) is 5.02 Å². The zero-order valence-electron chi connectivity index (χ0n) is 13.5. The summed E-state index contributed by atoms with van der Waals surface area (Å²) in [5.41, 5.74) is 2.36. The van der Waals surface area contributed by atoms with E-state index >= 15 is 0 Å². The number of nitrogens with one attached hydrogen (secondary N) is 1. The molecule has 0 saturated heterocycles. The molecular formula is C18H16ClNO5. The predicted octanol–water partition coefficient (Wildman–Crippen LogP) is 3.41. The Morgan fingerprint density at radius 3 is 3.04 bits per heavy atom. The van der Waals surface area contributed by atoms with E-state index in [-0.39, 0.29) is 19.0 Å². The van der Waals surface area contributed by atoms with Crippen molar-refractivity contribution in [2.75, 3.05) is 13.2 Å². The van der Waals surface area contributed by atoms with Crippen molar-refractivity contribution in [1.82, 2.24) is 5.32 Å². The third-order valence-corrected chi connectivity index (χ3v) is 4.08. The van der Waals surface area contributed by atoms with Gasteiger partial charge in [0.05, 0.1) is 22.9 Å². The molecule has 0 spiro atoms. The largest absolute Gasteiger partial charge is 0.513 e. The fourth-order valence-electron chi connectivity index (χ4n) is 2.83. The Morgan fingerprint density at radius 2 is 2.32 bits per heavy atom. The predicted molar refractivity (Wildman–Crippen MR) is 90.6 cm³/mol. The van der Waals surface area contributed by atoms with Gasteiger partial charge in [-0.25, -0.2) is 9.59 Å². The molecule has 2 aliphatic rings. The number of ether oxygens (including phenoxy) is 3. The molecule has 130 valence electrons. The zero-order chi connectivity index (χ0) is 18.0. The fourth-order valence-corrected chi connectivity index (χ4v) is 3.03. The summed E-state index contributed by atoms with van der Waals surface area (Å²) in [6, 6.07) is 7.02. The van der Waals surface area contributed by atoms with Crippen LogP contribution in [0.2, 0.25) is 5.02 Å². The Labute approximate surface area is 149 Å². The molecule has 25 heavy (non-hydrogen) atoms. The van der Waals surface area contributed by atoms with Crippen LogP contribution >= 0.6 is 11.6 Å². The lowest BCUT2D eigenvalue weighted by atomic mass is 9.85. The Hall–Kier alpha value is -2.73. The van der Waals surface area contributed by atoms with Crippen LogP contribution in [-0.4, -0.2) is 25.3 Å². The first-order valence-electron chi connectivity index (χ1n) is 7.60. The minimum Gasteiger partial charge on any atom is -0.456 e. The maximum absolute atomic E-state index is 12.2. The monoisotopic (exact) mass is 361 g/mol. The Balaban J connectivity index is 2.01. The number of benzene rings is 1. The van der Waals surface area contributed by atoms with Gasteiger partial charge in [-0.1, -0.05) is 36.4 Å². The lowest BCUT2D eigenvalue weighted by Gasteiger charge is -2.27. The van der Waals surface area contributed by atoms with Crippen molar-refractivity contribution < 1.29 is 23.8 Å². The van der Waals surface area contributed by atoms with Crippen LogP contribution in [0.5, 0.6) is 0 Å². The molecule has 0 saturated carbocycles. The Morgan fingerprint density at radius 1 is 1.52 bits per heavy atom. The van der Waals surface area contributed by atoms with E-state index in [9.17, 15) is 9.59 Å². The molecule has 0 bridgehead atoms. The molecule has 0 fully saturated rings. The molecule has 1 N–H and O–H groups in total. The molecule has 0 aliphatic carbocycles. The summed E-state index contributed by atoms with van der Waals surface area (Å²) in [6.07, 6.45) is 0.559. The zero-order valence-corrected chi connectivity index (χ0v) is 14.3. The molecule has 0 radical (unpaired) electrons. The van der Waals surface area contributed by atoms with Gasteiger partial charge in [-0.2, -0.15) is 0 Å². The van der Waals surface area contributed by atoms with Crippen LogP contribution < -0.4 is 5.32 Å². The van der Waals surface area contributed by atoms with Gasteiger partial charge < -0.3 is 19.5 Å². The minimum atomic E-state index is -0.876. The number of allylic oxidation sites excluding steroid dienone is 2. The lowest BCUT2D eigenvalue weighted by Crippen LogP contribution is -2.28. The van der Waals surface area contributed by atoms with Gasteiger partial charge in [0.15, 0.2) is 0 Å². The van der Waals surface area contributed by atoms with Gasteiger partial charge in [-0.15, -0.1) is 0 Å². The molecule has 3 rings (SSSR count). The summed E-state index contributed by atoms with van der Waals surface area (Å²) < 4.78 is 15.4. The maximum Gasteiger partial charge on any atom is 0.513 e. The van der Waals surface area contributed by atoms with Crippen LogP contribution in [0.1, 0.15) is 18.4 Å². The van der Waals surface area contributed by atoms with Gasteiger partial charge in [-0.3, -0.25) is 0 Å². The van der Waals surface area contributed by atoms with Crippen LogP contribution in [-0.2, 0) is 19.0 Å². The number of rotatable bonds is 4. The third kappa shape index (κ3) is 3.39. The summed E-state index contributed by atoms with van der Waals surface area (Å²) in [6.45, 7) is 5.40. The van der Waals surface area contributed by atoms with Crippen molar-refractivity contribution in [3.8, 4) is 0 Å². The number of cyclic esters (lactones) is 1. The molecule has 1 aromatic rings. The number of esters is 1. The highest BCUT2D eigenvalue weighted by Crippen LogP contribution is 2.41. The molecule has 1 unspecified atom stereocenters. The first kappa shape index (κ1) is 17.1. The van der Waals surface area contributed by atoms with Gasteiger partial charge >= 0.3 is 12.1 Å². The smallest absolute Gasteiger partial charge is 0.456 e. The minimum absolute atomic E-state index is 0.0242. The number of halogens is 1. The van der Waals surface area contributed by atoms with Gasteiger partial charge in [0.25, 0.3) is 0 Å². The van der Waals surface area contributed by atoms with Gasteiger partial charge in [0.1, 0.15) is 19.0 Å². The van der Waals surface area contributed by atoms with Crippen molar-refractivity contribution in [3.63, 3.8) is 0 Å². The van der Waals surface area contributed by atoms with E-state index in [1.807, 2.05) is 6.07 Å². The number of hydrogen-bond acceptors (Lipinski definition) is 6. The van der Waals surface area contributed by atoms with Crippen LogP contribution in [0.3, 0.4) is 0 Å². The van der Waals surface area contributed by atoms with Crippen molar-refractivity contribution in [2.24, 2.45) is 0 Å². The van der Waals surface area contributed by atoms with Gasteiger partial charge in [0.2, 0.25) is 0 Å². The summed E-state index contributed by atoms with van der Waals surface area (Å²) in [4.78, 5) is 24.1. The van der Waals surface area contributed by atoms with Crippen molar-refractivity contribution in [2.45, 2.75) is 12.8 Å². The van der Waals surface area contributed by atoms with Crippen molar-refractivity contribution in [1.29, 1.82) is 0 Å². The number of dihydropyridines is 1. The molecule has 2 heterocycles. The molecule has 0 aromatic heterocycles. The maximum atomic E-state index is 12.2. The lowest BCUT2D eigenvalue weighted by molar-refractivity contribution is -0.136. The van der Waals surface area contributed by atoms with E-state index in [4.69, 9.17) is 25.8 Å². The average molecular weight is 362 g/mol. The normalized spacial score (nSPS) is 19.1. The van der Waals surface area contributed by atoms with E-state index in [0.717, 1.165) is 0 Å². The standard InChI is InChI=1S/C18H16ClNO5/c1-3-7-23-18(22)25-16-10(2)20-13-9-24-17(21)15(13)14(16)11-5-4-6-12(19)8-11/h3-6,8,14,20H,1,7,9H2,2H3. The fraction of sp³-hybridized carbons (Fsp3) is 0.222. The SMILES string of the molecule is C=CCOC(=O)OC1=C(C)NC2=C(C(=O)OC2)C1c1cccc(Cl)c1. The van der Waals surface area contributed by atoms with Crippen LogP contribution in [0.15, 0.2) is 59.6 Å². The molecule has 2 aliphatic heterocycles. The van der Waals surface area contributed by atoms with E-state index < -0.39 is 18.0 Å². The number of carbonyl (C=O) groups excluding carboxylic acids is 2. The molecule has 0 amide bonds. The van der Waals surface area contributed by atoms with Crippen LogP contribution in [0.4, 0.5) is 4.79 Å². The number of hydrogen-bond donors (Lipinski definition) is 1. The highest BCUT2D eigenvalue weighted by molar-refractivity contribution is 6.30. The second-order valence-electron chi connectivity index (χ2n) is 5.52. The van der Waals surface area contributed by atoms with Crippen molar-refractivity contribution in [3.05, 3.63) is 70.2 Å². The van der Waals surface area contributed by atoms with Gasteiger partial charge in [-0.05, 0) is 24.6 Å². The number of carbonyl (C=O) groups is 2. The molecule has 6 nitrogen and oxygen atoms in total. The Bertz CT molecular complexity index is 811. The summed E-state index contributed by atoms with van der Waals surface area (Å²) in [5.74, 6) is -0.796. The van der Waals surface area contributed by atoms with Crippen LogP contribution in [0, 0.1) is 0 Å². The topological polar surface area (TPSA) is 73.9 Å². The highest BCUT2D eigenvalue weighted by atomic mass is 35.5. The van der Waals surface area contributed by atoms with E-state index in [1.165, 1.54) is 6.08 Å². The molecule has 1 atom stereocenters. The van der Waals surface area contributed by atoms with E-state index in [1.54, 1.807) is 25.1 Å². The third-order valence-electron chi connectivity index (χ3n) is 3.85. The molecule has 7 heteroatoms. The quantitative estimate of drug-likeness (QED) is 0.654. The second-order valence-corrected chi connectivity index (χ2v) is 5.96. The second kappa shape index (κ2) is 7.03. The van der Waals surface area contributed by atoms with E-state index in [2.05, 4.69) is 11.9 Å². The van der Waals surface area contributed by atoms with Crippen molar-refractivity contribution >= 4 is 23.7 Å². The summed E-state index contributed by atoms with van der Waals surface area (Å²) in [7, 11) is 0. The first-order valence-corrected chi connectivity index (χ1v) is 7.98. The molecule has 1 aromatic carbocycles. The summed E-state index contributed by atoms with van der Waals surface area (Å²) in [5, 5.41) is 3.57. The Kier molecular flexibility index (Phi) is 4.81.